The number of aromatic nitrogens is 3. The Morgan fingerprint density at radius 3 is 2.68 bits per heavy atom. The summed E-state index contributed by atoms with van der Waals surface area (Å²) in [5.74, 6) is 0. The summed E-state index contributed by atoms with van der Waals surface area (Å²) in [7, 11) is 0. The van der Waals surface area contributed by atoms with Gasteiger partial charge in [-0.25, -0.2) is 4.68 Å². The van der Waals surface area contributed by atoms with Crippen molar-refractivity contribution in [3.8, 4) is 5.69 Å². The highest BCUT2D eigenvalue weighted by molar-refractivity contribution is 7.10. The Labute approximate surface area is 119 Å². The summed E-state index contributed by atoms with van der Waals surface area (Å²) in [6, 6.07) is 11.3. The molecule has 0 radical (unpaired) electrons. The second kappa shape index (κ2) is 5.13. The number of nitrogens with zero attached hydrogens (tertiary/aromatic N) is 3. The molecule has 6 heteroatoms. The van der Waals surface area contributed by atoms with Crippen molar-refractivity contribution >= 4 is 22.9 Å². The molecule has 0 saturated heterocycles. The van der Waals surface area contributed by atoms with Crippen LogP contribution in [0.4, 0.5) is 0 Å². The SMILES string of the molecule is NC(c1sccc1Cl)c1cnnn1-c1ccccc1. The molecule has 0 aliphatic rings. The first-order chi connectivity index (χ1) is 9.27. The van der Waals surface area contributed by atoms with Gasteiger partial charge in [-0.05, 0) is 23.6 Å². The lowest BCUT2D eigenvalue weighted by molar-refractivity contribution is 0.726. The van der Waals surface area contributed by atoms with Gasteiger partial charge in [0.1, 0.15) is 0 Å². The number of para-hydroxylation sites is 1. The number of hydrogen-bond acceptors (Lipinski definition) is 4. The van der Waals surface area contributed by atoms with Gasteiger partial charge in [0.05, 0.1) is 28.6 Å². The van der Waals surface area contributed by atoms with Gasteiger partial charge in [-0.15, -0.1) is 16.4 Å². The lowest BCUT2D eigenvalue weighted by Gasteiger charge is -2.12. The van der Waals surface area contributed by atoms with Crippen LogP contribution < -0.4 is 5.73 Å². The van der Waals surface area contributed by atoms with Crippen LogP contribution in [0, 0.1) is 0 Å². The molecule has 3 rings (SSSR count). The summed E-state index contributed by atoms with van der Waals surface area (Å²) in [5, 5.41) is 10.7. The number of benzene rings is 1. The third-order valence-electron chi connectivity index (χ3n) is 2.82. The number of halogens is 1. The van der Waals surface area contributed by atoms with Crippen molar-refractivity contribution in [3.63, 3.8) is 0 Å². The van der Waals surface area contributed by atoms with Crippen LogP contribution in [0.2, 0.25) is 5.02 Å². The molecule has 1 atom stereocenters. The number of nitrogens with two attached hydrogens (primary N) is 1. The minimum atomic E-state index is -0.331. The molecule has 0 bridgehead atoms. The maximum atomic E-state index is 6.27. The van der Waals surface area contributed by atoms with E-state index in [-0.39, 0.29) is 6.04 Å². The molecule has 0 saturated carbocycles. The summed E-state index contributed by atoms with van der Waals surface area (Å²) < 4.78 is 1.74. The minimum absolute atomic E-state index is 0.331. The van der Waals surface area contributed by atoms with Gasteiger partial charge in [0.15, 0.2) is 0 Å². The third kappa shape index (κ3) is 2.28. The molecule has 0 spiro atoms. The van der Waals surface area contributed by atoms with Crippen molar-refractivity contribution in [2.45, 2.75) is 6.04 Å². The monoisotopic (exact) mass is 290 g/mol. The molecule has 2 heterocycles. The largest absolute Gasteiger partial charge is 0.318 e. The smallest absolute Gasteiger partial charge is 0.0867 e. The van der Waals surface area contributed by atoms with Crippen molar-refractivity contribution in [2.24, 2.45) is 5.73 Å². The fraction of sp³-hybridized carbons (Fsp3) is 0.0769. The molecule has 1 unspecified atom stereocenters. The van der Waals surface area contributed by atoms with Crippen LogP contribution in [0.25, 0.3) is 5.69 Å². The molecule has 0 fully saturated rings. The number of rotatable bonds is 3. The Morgan fingerprint density at radius 2 is 2.00 bits per heavy atom. The molecule has 96 valence electrons. The molecule has 0 amide bonds. The van der Waals surface area contributed by atoms with E-state index in [1.165, 1.54) is 11.3 Å². The molecular formula is C13H11ClN4S. The predicted molar refractivity (Wildman–Crippen MR) is 76.7 cm³/mol. The Kier molecular flexibility index (Phi) is 3.33. The molecule has 2 N–H and O–H groups in total. The van der Waals surface area contributed by atoms with E-state index in [2.05, 4.69) is 10.3 Å². The van der Waals surface area contributed by atoms with E-state index in [1.54, 1.807) is 10.9 Å². The van der Waals surface area contributed by atoms with E-state index < -0.39 is 0 Å². The van der Waals surface area contributed by atoms with Crippen LogP contribution in [0.3, 0.4) is 0 Å². The summed E-state index contributed by atoms with van der Waals surface area (Å²) in [6.07, 6.45) is 1.67. The summed E-state index contributed by atoms with van der Waals surface area (Å²) in [4.78, 5) is 0.918. The van der Waals surface area contributed by atoms with E-state index >= 15 is 0 Å². The van der Waals surface area contributed by atoms with E-state index in [9.17, 15) is 0 Å². The fourth-order valence-electron chi connectivity index (χ4n) is 1.89. The number of hydrogen-bond donors (Lipinski definition) is 1. The van der Waals surface area contributed by atoms with Gasteiger partial charge in [-0.3, -0.25) is 0 Å². The van der Waals surface area contributed by atoms with Crippen molar-refractivity contribution < 1.29 is 0 Å². The zero-order valence-corrected chi connectivity index (χ0v) is 11.5. The van der Waals surface area contributed by atoms with Crippen molar-refractivity contribution in [3.05, 3.63) is 63.6 Å². The highest BCUT2D eigenvalue weighted by atomic mass is 35.5. The Hall–Kier alpha value is -1.69. The van der Waals surface area contributed by atoms with E-state index in [0.717, 1.165) is 16.3 Å². The van der Waals surface area contributed by atoms with Crippen LogP contribution in [-0.2, 0) is 0 Å². The van der Waals surface area contributed by atoms with Crippen LogP contribution in [0.5, 0.6) is 0 Å². The van der Waals surface area contributed by atoms with E-state index in [1.807, 2.05) is 41.8 Å². The Morgan fingerprint density at radius 1 is 1.21 bits per heavy atom. The highest BCUT2D eigenvalue weighted by Gasteiger charge is 2.19. The molecule has 0 aliphatic carbocycles. The quantitative estimate of drug-likeness (QED) is 0.806. The van der Waals surface area contributed by atoms with Gasteiger partial charge in [-0.1, -0.05) is 35.0 Å². The van der Waals surface area contributed by atoms with Crippen LogP contribution in [-0.4, -0.2) is 15.0 Å². The molecule has 1 aromatic carbocycles. The van der Waals surface area contributed by atoms with Gasteiger partial charge in [0.25, 0.3) is 0 Å². The molecule has 3 aromatic rings. The van der Waals surface area contributed by atoms with E-state index in [0.29, 0.717) is 5.02 Å². The second-order valence-corrected chi connectivity index (χ2v) is 5.37. The Bertz CT molecular complexity index is 677. The molecular weight excluding hydrogens is 280 g/mol. The van der Waals surface area contributed by atoms with Gasteiger partial charge >= 0.3 is 0 Å². The van der Waals surface area contributed by atoms with Gasteiger partial charge < -0.3 is 5.73 Å². The van der Waals surface area contributed by atoms with Crippen LogP contribution >= 0.6 is 22.9 Å². The van der Waals surface area contributed by atoms with Crippen LogP contribution in [0.1, 0.15) is 16.6 Å². The summed E-state index contributed by atoms with van der Waals surface area (Å²) in [5.41, 5.74) is 8.01. The third-order valence-corrected chi connectivity index (χ3v) is 4.26. The van der Waals surface area contributed by atoms with Crippen molar-refractivity contribution in [2.75, 3.05) is 0 Å². The van der Waals surface area contributed by atoms with Crippen LogP contribution in [0.15, 0.2) is 48.0 Å². The van der Waals surface area contributed by atoms with Crippen molar-refractivity contribution in [1.82, 2.24) is 15.0 Å². The van der Waals surface area contributed by atoms with Gasteiger partial charge in [0, 0.05) is 4.88 Å². The molecule has 19 heavy (non-hydrogen) atoms. The lowest BCUT2D eigenvalue weighted by Crippen LogP contribution is -2.16. The van der Waals surface area contributed by atoms with Gasteiger partial charge in [0.2, 0.25) is 0 Å². The molecule has 2 aromatic heterocycles. The second-order valence-electron chi connectivity index (χ2n) is 4.02. The zero-order chi connectivity index (χ0) is 13.2. The summed E-state index contributed by atoms with van der Waals surface area (Å²) >= 11 is 7.66. The molecule has 4 nitrogen and oxygen atoms in total. The minimum Gasteiger partial charge on any atom is -0.318 e. The maximum Gasteiger partial charge on any atom is 0.0867 e. The molecule has 0 aliphatic heterocycles. The average Bonchev–Trinajstić information content (AvgIpc) is 3.07. The summed E-state index contributed by atoms with van der Waals surface area (Å²) in [6.45, 7) is 0. The first kappa shape index (κ1) is 12.3. The fourth-order valence-corrected chi connectivity index (χ4v) is 3.07. The first-order valence-corrected chi connectivity index (χ1v) is 6.97. The first-order valence-electron chi connectivity index (χ1n) is 5.72. The normalized spacial score (nSPS) is 12.5. The van der Waals surface area contributed by atoms with Crippen molar-refractivity contribution in [1.29, 1.82) is 0 Å². The highest BCUT2D eigenvalue weighted by Crippen LogP contribution is 2.31. The standard InChI is InChI=1S/C13H11ClN4S/c14-10-6-7-19-13(10)12(15)11-8-16-17-18(11)9-4-2-1-3-5-9/h1-8,12H,15H2. The lowest BCUT2D eigenvalue weighted by atomic mass is 10.2. The predicted octanol–water partition coefficient (Wildman–Crippen LogP) is 3.03. The zero-order valence-electron chi connectivity index (χ0n) is 9.90. The van der Waals surface area contributed by atoms with Gasteiger partial charge in [-0.2, -0.15) is 0 Å². The average molecular weight is 291 g/mol. The van der Waals surface area contributed by atoms with E-state index in [4.69, 9.17) is 17.3 Å². The number of thiophene rings is 1. The maximum absolute atomic E-state index is 6.27. The Balaban J connectivity index is 2.04. The topological polar surface area (TPSA) is 56.7 Å².